The van der Waals surface area contributed by atoms with Crippen LogP contribution in [0.15, 0.2) is 71.2 Å². The third kappa shape index (κ3) is 5.47. The maximum atomic E-state index is 12.8. The molecule has 1 amide bonds. The zero-order valence-corrected chi connectivity index (χ0v) is 19.8. The quantitative estimate of drug-likeness (QED) is 0.359. The lowest BCUT2D eigenvalue weighted by Gasteiger charge is -2.34. The van der Waals surface area contributed by atoms with Gasteiger partial charge < -0.3 is 15.0 Å². The third-order valence-electron chi connectivity index (χ3n) is 5.77. The molecule has 3 heterocycles. The fourth-order valence-electron chi connectivity index (χ4n) is 3.97. The molecule has 0 spiro atoms. The number of aromatic amines is 1. The number of carbonyl (C=O) groups is 1. The molecule has 2 aromatic carbocycles. The van der Waals surface area contributed by atoms with Crippen LogP contribution < -0.4 is 5.32 Å². The number of fused-ring (bicyclic) bond motifs is 1. The predicted molar refractivity (Wildman–Crippen MR) is 134 cm³/mol. The molecule has 33 heavy (non-hydrogen) atoms. The smallest absolute Gasteiger partial charge is 0.251 e. The molecule has 8 heteroatoms. The average molecular weight is 479 g/mol. The first kappa shape index (κ1) is 22.2. The van der Waals surface area contributed by atoms with E-state index in [0.717, 1.165) is 53.8 Å². The number of H-pyrrole nitrogens is 1. The van der Waals surface area contributed by atoms with Gasteiger partial charge in [0.1, 0.15) is 0 Å². The van der Waals surface area contributed by atoms with Gasteiger partial charge in [-0.2, -0.15) is 0 Å². The Morgan fingerprint density at radius 2 is 1.94 bits per heavy atom. The summed E-state index contributed by atoms with van der Waals surface area (Å²) in [5, 5.41) is 6.14. The van der Waals surface area contributed by atoms with E-state index in [1.807, 2.05) is 48.5 Å². The molecule has 0 radical (unpaired) electrons. The Bertz CT molecular complexity index is 1150. The van der Waals surface area contributed by atoms with Crippen LogP contribution in [0.5, 0.6) is 0 Å². The summed E-state index contributed by atoms with van der Waals surface area (Å²) >= 11 is 3.40. The molecule has 0 bridgehead atoms. The maximum absolute atomic E-state index is 12.8. The molecular weight excluding hydrogens is 452 g/mol. The standard InChI is InChI=1S/C25H26N4O2S2/c30-24(26-16-22(23-6-3-15-32-23)29-11-13-31-14-12-29)19-9-7-18(8-10-19)17-33-25-27-20-4-1-2-5-21(20)28-25/h1-10,15,22H,11-14,16-17H2,(H,26,30)(H,27,28)/t22-/m1/s1. The number of morpholine rings is 1. The van der Waals surface area contributed by atoms with Crippen molar-refractivity contribution in [1.29, 1.82) is 0 Å². The fraction of sp³-hybridized carbons (Fsp3) is 0.280. The van der Waals surface area contributed by atoms with Gasteiger partial charge in [-0.1, -0.05) is 42.1 Å². The molecule has 1 atom stereocenters. The summed E-state index contributed by atoms with van der Waals surface area (Å²) in [6, 6.07) is 20.3. The second kappa shape index (κ2) is 10.5. The van der Waals surface area contributed by atoms with Crippen LogP contribution in [0.2, 0.25) is 0 Å². The Morgan fingerprint density at radius 1 is 1.12 bits per heavy atom. The highest BCUT2D eigenvalue weighted by atomic mass is 32.2. The van der Waals surface area contributed by atoms with Crippen LogP contribution in [0, 0.1) is 0 Å². The molecule has 4 aromatic rings. The minimum absolute atomic E-state index is 0.0405. The highest BCUT2D eigenvalue weighted by molar-refractivity contribution is 7.98. The lowest BCUT2D eigenvalue weighted by atomic mass is 10.1. The fourth-order valence-corrected chi connectivity index (χ4v) is 5.67. The number of hydrogen-bond acceptors (Lipinski definition) is 6. The van der Waals surface area contributed by atoms with Crippen LogP contribution in [0.25, 0.3) is 11.0 Å². The zero-order chi connectivity index (χ0) is 22.5. The number of thiophene rings is 1. The monoisotopic (exact) mass is 478 g/mol. The first-order chi connectivity index (χ1) is 16.3. The van der Waals surface area contributed by atoms with E-state index in [4.69, 9.17) is 4.74 Å². The van der Waals surface area contributed by atoms with Crippen molar-refractivity contribution in [3.63, 3.8) is 0 Å². The maximum Gasteiger partial charge on any atom is 0.251 e. The molecular formula is C25H26N4O2S2. The van der Waals surface area contributed by atoms with Gasteiger partial charge in [0.2, 0.25) is 0 Å². The van der Waals surface area contributed by atoms with E-state index in [1.54, 1.807) is 23.1 Å². The van der Waals surface area contributed by atoms with Gasteiger partial charge in [0.25, 0.3) is 5.91 Å². The van der Waals surface area contributed by atoms with Crippen molar-refractivity contribution in [2.24, 2.45) is 0 Å². The molecule has 1 aliphatic rings. The third-order valence-corrected chi connectivity index (χ3v) is 7.69. The summed E-state index contributed by atoms with van der Waals surface area (Å²) in [7, 11) is 0. The van der Waals surface area contributed by atoms with Gasteiger partial charge in [0, 0.05) is 35.8 Å². The largest absolute Gasteiger partial charge is 0.379 e. The van der Waals surface area contributed by atoms with Gasteiger partial charge in [-0.05, 0) is 41.3 Å². The second-order valence-corrected chi connectivity index (χ2v) is 9.88. The highest BCUT2D eigenvalue weighted by Crippen LogP contribution is 2.26. The number of ether oxygens (including phenoxy) is 1. The van der Waals surface area contributed by atoms with Crippen LogP contribution in [0.4, 0.5) is 0 Å². The van der Waals surface area contributed by atoms with E-state index in [2.05, 4.69) is 37.7 Å². The molecule has 6 nitrogen and oxygen atoms in total. The molecule has 0 saturated carbocycles. The number of hydrogen-bond donors (Lipinski definition) is 2. The number of para-hydroxylation sites is 2. The minimum Gasteiger partial charge on any atom is -0.379 e. The predicted octanol–water partition coefficient (Wildman–Crippen LogP) is 4.72. The molecule has 170 valence electrons. The Labute approximate surface area is 201 Å². The SMILES string of the molecule is O=C(NC[C@H](c1cccs1)N1CCOCC1)c1ccc(CSc2nc3ccccc3[nH]2)cc1. The number of amides is 1. The van der Waals surface area contributed by atoms with Gasteiger partial charge in [-0.25, -0.2) is 4.98 Å². The first-order valence-electron chi connectivity index (χ1n) is 11.1. The van der Waals surface area contributed by atoms with E-state index in [-0.39, 0.29) is 11.9 Å². The summed E-state index contributed by atoms with van der Waals surface area (Å²) in [6.45, 7) is 3.84. The summed E-state index contributed by atoms with van der Waals surface area (Å²) < 4.78 is 5.50. The lowest BCUT2D eigenvalue weighted by Crippen LogP contribution is -2.43. The van der Waals surface area contributed by atoms with Gasteiger partial charge in [-0.15, -0.1) is 11.3 Å². The van der Waals surface area contributed by atoms with Crippen molar-refractivity contribution < 1.29 is 9.53 Å². The highest BCUT2D eigenvalue weighted by Gasteiger charge is 2.24. The van der Waals surface area contributed by atoms with E-state index in [1.165, 1.54) is 4.88 Å². The molecule has 0 unspecified atom stereocenters. The van der Waals surface area contributed by atoms with E-state index >= 15 is 0 Å². The van der Waals surface area contributed by atoms with Crippen LogP contribution in [0.3, 0.4) is 0 Å². The molecule has 1 fully saturated rings. The number of imidazole rings is 1. The van der Waals surface area contributed by atoms with Gasteiger partial charge in [0.05, 0.1) is 30.3 Å². The van der Waals surface area contributed by atoms with Gasteiger partial charge >= 0.3 is 0 Å². The minimum atomic E-state index is -0.0405. The Balaban J connectivity index is 1.17. The van der Waals surface area contributed by atoms with Crippen LogP contribution in [-0.2, 0) is 10.5 Å². The van der Waals surface area contributed by atoms with Crippen molar-refractivity contribution in [3.05, 3.63) is 82.0 Å². The Morgan fingerprint density at radius 3 is 2.70 bits per heavy atom. The van der Waals surface area contributed by atoms with E-state index in [9.17, 15) is 4.79 Å². The lowest BCUT2D eigenvalue weighted by molar-refractivity contribution is 0.0169. The van der Waals surface area contributed by atoms with Crippen LogP contribution >= 0.6 is 23.1 Å². The molecule has 2 aromatic heterocycles. The summed E-state index contributed by atoms with van der Waals surface area (Å²) in [5.74, 6) is 0.750. The van der Waals surface area contributed by atoms with Crippen molar-refractivity contribution in [3.8, 4) is 0 Å². The number of benzene rings is 2. The number of aromatic nitrogens is 2. The Kier molecular flexibility index (Phi) is 7.06. The van der Waals surface area contributed by atoms with E-state index < -0.39 is 0 Å². The Hall–Kier alpha value is -2.65. The number of thioether (sulfide) groups is 1. The summed E-state index contributed by atoms with van der Waals surface area (Å²) in [4.78, 5) is 24.4. The normalized spacial score (nSPS) is 15.5. The van der Waals surface area contributed by atoms with Crippen molar-refractivity contribution >= 4 is 40.0 Å². The molecule has 1 saturated heterocycles. The van der Waals surface area contributed by atoms with Crippen molar-refractivity contribution in [1.82, 2.24) is 20.2 Å². The van der Waals surface area contributed by atoms with Crippen molar-refractivity contribution in [2.45, 2.75) is 17.0 Å². The molecule has 0 aliphatic carbocycles. The number of nitrogens with one attached hydrogen (secondary N) is 2. The second-order valence-electron chi connectivity index (χ2n) is 7.93. The van der Waals surface area contributed by atoms with Gasteiger partial charge in [-0.3, -0.25) is 9.69 Å². The van der Waals surface area contributed by atoms with E-state index in [0.29, 0.717) is 12.1 Å². The summed E-state index contributed by atoms with van der Waals surface area (Å²) in [6.07, 6.45) is 0. The van der Waals surface area contributed by atoms with Crippen molar-refractivity contribution in [2.75, 3.05) is 32.8 Å². The number of carbonyl (C=O) groups excluding carboxylic acids is 1. The molecule has 5 rings (SSSR count). The zero-order valence-electron chi connectivity index (χ0n) is 18.2. The molecule has 1 aliphatic heterocycles. The number of rotatable bonds is 8. The topological polar surface area (TPSA) is 70.2 Å². The number of nitrogens with zero attached hydrogens (tertiary/aromatic N) is 2. The average Bonchev–Trinajstić information content (AvgIpc) is 3.54. The van der Waals surface area contributed by atoms with Gasteiger partial charge in [0.15, 0.2) is 5.16 Å². The first-order valence-corrected chi connectivity index (χ1v) is 12.9. The van der Waals surface area contributed by atoms with Crippen LogP contribution in [0.1, 0.15) is 26.8 Å². The molecule has 2 N–H and O–H groups in total. The van der Waals surface area contributed by atoms with Crippen LogP contribution in [-0.4, -0.2) is 53.6 Å². The summed E-state index contributed by atoms with van der Waals surface area (Å²) in [5.41, 5.74) is 3.86.